The Labute approximate surface area is 114 Å². The van der Waals surface area contributed by atoms with Crippen LogP contribution in [0.15, 0.2) is 22.9 Å². The lowest BCUT2D eigenvalue weighted by Gasteiger charge is -2.24. The molecule has 2 N–H and O–H groups in total. The SMILES string of the molecule is CC[C@@H](C(N)=O)N1CC(n2cccc2Br)CC1=O. The van der Waals surface area contributed by atoms with Crippen LogP contribution in [0.2, 0.25) is 0 Å². The molecule has 98 valence electrons. The first kappa shape index (κ1) is 13.1. The Morgan fingerprint density at radius 1 is 1.67 bits per heavy atom. The molecule has 0 aromatic carbocycles. The molecule has 0 spiro atoms. The van der Waals surface area contributed by atoms with Gasteiger partial charge in [-0.25, -0.2) is 0 Å². The zero-order chi connectivity index (χ0) is 13.3. The number of aromatic nitrogens is 1. The molecule has 1 aliphatic heterocycles. The number of hydrogen-bond donors (Lipinski definition) is 1. The third-order valence-electron chi connectivity index (χ3n) is 3.35. The van der Waals surface area contributed by atoms with Gasteiger partial charge in [0.05, 0.1) is 10.6 Å². The first-order chi connectivity index (χ1) is 8.54. The molecule has 0 bridgehead atoms. The number of carbonyl (C=O) groups excluding carboxylic acids is 2. The maximum absolute atomic E-state index is 12.0. The molecular formula is C12H16BrN3O2. The first-order valence-corrected chi connectivity index (χ1v) is 6.75. The second-order valence-electron chi connectivity index (χ2n) is 4.47. The van der Waals surface area contributed by atoms with E-state index in [1.807, 2.05) is 29.8 Å². The van der Waals surface area contributed by atoms with Crippen molar-refractivity contribution in [3.63, 3.8) is 0 Å². The Morgan fingerprint density at radius 2 is 2.39 bits per heavy atom. The molecular weight excluding hydrogens is 298 g/mol. The lowest BCUT2D eigenvalue weighted by Crippen LogP contribution is -2.45. The van der Waals surface area contributed by atoms with Gasteiger partial charge in [-0.15, -0.1) is 0 Å². The van der Waals surface area contributed by atoms with Gasteiger partial charge in [-0.1, -0.05) is 6.92 Å². The van der Waals surface area contributed by atoms with Crippen molar-refractivity contribution in [1.29, 1.82) is 0 Å². The lowest BCUT2D eigenvalue weighted by molar-refractivity contribution is -0.136. The van der Waals surface area contributed by atoms with Crippen molar-refractivity contribution in [3.05, 3.63) is 22.9 Å². The van der Waals surface area contributed by atoms with Crippen LogP contribution in [0, 0.1) is 0 Å². The monoisotopic (exact) mass is 313 g/mol. The number of rotatable bonds is 4. The van der Waals surface area contributed by atoms with E-state index in [0.717, 1.165) is 4.60 Å². The summed E-state index contributed by atoms with van der Waals surface area (Å²) in [5.74, 6) is -0.440. The van der Waals surface area contributed by atoms with Crippen LogP contribution in [0.4, 0.5) is 0 Å². The van der Waals surface area contributed by atoms with Crippen LogP contribution in [-0.2, 0) is 9.59 Å². The highest BCUT2D eigenvalue weighted by molar-refractivity contribution is 9.10. The smallest absolute Gasteiger partial charge is 0.240 e. The molecule has 6 heteroatoms. The van der Waals surface area contributed by atoms with Crippen molar-refractivity contribution in [2.45, 2.75) is 31.8 Å². The Hall–Kier alpha value is -1.30. The van der Waals surface area contributed by atoms with Gasteiger partial charge in [-0.05, 0) is 34.5 Å². The third kappa shape index (κ3) is 2.29. The lowest BCUT2D eigenvalue weighted by atomic mass is 10.2. The minimum Gasteiger partial charge on any atom is -0.368 e. The summed E-state index contributed by atoms with van der Waals surface area (Å²) in [7, 11) is 0. The molecule has 1 unspecified atom stereocenters. The third-order valence-corrected chi connectivity index (χ3v) is 4.02. The molecule has 1 aliphatic rings. The summed E-state index contributed by atoms with van der Waals surface area (Å²) in [6.45, 7) is 2.40. The van der Waals surface area contributed by atoms with Crippen LogP contribution in [0.25, 0.3) is 0 Å². The highest BCUT2D eigenvalue weighted by Crippen LogP contribution is 2.28. The highest BCUT2D eigenvalue weighted by atomic mass is 79.9. The Morgan fingerprint density at radius 3 is 2.89 bits per heavy atom. The number of carbonyl (C=O) groups is 2. The van der Waals surface area contributed by atoms with Crippen LogP contribution in [0.3, 0.4) is 0 Å². The van der Waals surface area contributed by atoms with Gasteiger partial charge < -0.3 is 15.2 Å². The van der Waals surface area contributed by atoms with E-state index in [1.54, 1.807) is 4.90 Å². The van der Waals surface area contributed by atoms with Gasteiger partial charge in [0, 0.05) is 19.2 Å². The highest BCUT2D eigenvalue weighted by Gasteiger charge is 2.36. The van der Waals surface area contributed by atoms with Crippen molar-refractivity contribution in [3.8, 4) is 0 Å². The molecule has 2 atom stereocenters. The molecule has 1 aromatic heterocycles. The summed E-state index contributed by atoms with van der Waals surface area (Å²) in [5.41, 5.74) is 5.33. The topological polar surface area (TPSA) is 68.3 Å². The predicted octanol–water partition coefficient (Wildman–Crippen LogP) is 1.29. The van der Waals surface area contributed by atoms with Gasteiger partial charge >= 0.3 is 0 Å². The van der Waals surface area contributed by atoms with Gasteiger partial charge in [0.1, 0.15) is 6.04 Å². The Kier molecular flexibility index (Phi) is 3.75. The summed E-state index contributed by atoms with van der Waals surface area (Å²) in [5, 5.41) is 0. The van der Waals surface area contributed by atoms with E-state index in [-0.39, 0.29) is 11.9 Å². The molecule has 1 saturated heterocycles. The first-order valence-electron chi connectivity index (χ1n) is 5.95. The van der Waals surface area contributed by atoms with E-state index in [2.05, 4.69) is 15.9 Å². The summed E-state index contributed by atoms with van der Waals surface area (Å²) in [6.07, 6.45) is 2.90. The number of hydrogen-bond acceptors (Lipinski definition) is 2. The number of amides is 2. The molecule has 0 radical (unpaired) electrons. The van der Waals surface area contributed by atoms with Gasteiger partial charge in [0.2, 0.25) is 11.8 Å². The quantitative estimate of drug-likeness (QED) is 0.910. The second kappa shape index (κ2) is 5.14. The average molecular weight is 314 g/mol. The van der Waals surface area contributed by atoms with Crippen LogP contribution in [0.1, 0.15) is 25.8 Å². The van der Waals surface area contributed by atoms with Gasteiger partial charge in [0.15, 0.2) is 0 Å². The summed E-state index contributed by atoms with van der Waals surface area (Å²) < 4.78 is 2.94. The van der Waals surface area contributed by atoms with Crippen molar-refractivity contribution in [1.82, 2.24) is 9.47 Å². The minimum absolute atomic E-state index is 0.00810. The fraction of sp³-hybridized carbons (Fsp3) is 0.500. The molecule has 2 amide bonds. The fourth-order valence-electron chi connectivity index (χ4n) is 2.44. The molecule has 2 rings (SSSR count). The van der Waals surface area contributed by atoms with Gasteiger partial charge in [-0.3, -0.25) is 9.59 Å². The van der Waals surface area contributed by atoms with E-state index in [9.17, 15) is 9.59 Å². The summed E-state index contributed by atoms with van der Waals surface area (Å²) in [6, 6.07) is 3.42. The van der Waals surface area contributed by atoms with E-state index in [0.29, 0.717) is 19.4 Å². The summed E-state index contributed by atoms with van der Waals surface area (Å²) >= 11 is 3.44. The second-order valence-corrected chi connectivity index (χ2v) is 5.28. The largest absolute Gasteiger partial charge is 0.368 e. The maximum Gasteiger partial charge on any atom is 0.240 e. The predicted molar refractivity (Wildman–Crippen MR) is 70.8 cm³/mol. The number of likely N-dealkylation sites (tertiary alicyclic amines) is 1. The molecule has 0 saturated carbocycles. The Bertz CT molecular complexity index is 472. The minimum atomic E-state index is -0.489. The van der Waals surface area contributed by atoms with E-state index in [4.69, 9.17) is 5.73 Å². The number of nitrogens with zero attached hydrogens (tertiary/aromatic N) is 2. The maximum atomic E-state index is 12.0. The van der Waals surface area contributed by atoms with Crippen molar-refractivity contribution >= 4 is 27.7 Å². The van der Waals surface area contributed by atoms with E-state index >= 15 is 0 Å². The zero-order valence-electron chi connectivity index (χ0n) is 10.2. The van der Waals surface area contributed by atoms with E-state index < -0.39 is 11.9 Å². The van der Waals surface area contributed by atoms with Crippen molar-refractivity contribution in [2.24, 2.45) is 5.73 Å². The average Bonchev–Trinajstić information content (AvgIpc) is 2.86. The van der Waals surface area contributed by atoms with Crippen LogP contribution in [0.5, 0.6) is 0 Å². The molecule has 1 fully saturated rings. The Balaban J connectivity index is 2.16. The normalized spacial score (nSPS) is 21.3. The molecule has 1 aromatic rings. The molecule has 0 aliphatic carbocycles. The number of nitrogens with two attached hydrogens (primary N) is 1. The summed E-state index contributed by atoms with van der Waals surface area (Å²) in [4.78, 5) is 24.9. The van der Waals surface area contributed by atoms with Crippen molar-refractivity contribution < 1.29 is 9.59 Å². The van der Waals surface area contributed by atoms with E-state index in [1.165, 1.54) is 0 Å². The molecule has 5 nitrogen and oxygen atoms in total. The fourth-order valence-corrected chi connectivity index (χ4v) is 3.00. The number of primary amides is 1. The standard InChI is InChI=1S/C12H16BrN3O2/c1-2-9(12(14)18)16-7-8(6-11(16)17)15-5-3-4-10(15)13/h3-5,8-9H,2,6-7H2,1H3,(H2,14,18)/t8?,9-/m0/s1. The van der Waals surface area contributed by atoms with Crippen LogP contribution < -0.4 is 5.73 Å². The number of halogens is 1. The van der Waals surface area contributed by atoms with Crippen molar-refractivity contribution in [2.75, 3.05) is 6.54 Å². The zero-order valence-corrected chi connectivity index (χ0v) is 11.8. The van der Waals surface area contributed by atoms with Gasteiger partial charge in [0.25, 0.3) is 0 Å². The van der Waals surface area contributed by atoms with Crippen LogP contribution >= 0.6 is 15.9 Å². The van der Waals surface area contributed by atoms with Crippen LogP contribution in [-0.4, -0.2) is 33.9 Å². The van der Waals surface area contributed by atoms with Gasteiger partial charge in [-0.2, -0.15) is 0 Å². The molecule has 18 heavy (non-hydrogen) atoms. The molecule has 2 heterocycles.